The van der Waals surface area contributed by atoms with Crippen LogP contribution in [0, 0.1) is 0 Å². The fraction of sp³-hybridized carbons (Fsp3) is 0.250. The summed E-state index contributed by atoms with van der Waals surface area (Å²) in [6.07, 6.45) is 3.85. The minimum Gasteiger partial charge on any atom is -0.493 e. The molecule has 172 valence electrons. The zero-order chi connectivity index (χ0) is 24.0. The lowest BCUT2D eigenvalue weighted by atomic mass is 9.97. The summed E-state index contributed by atoms with van der Waals surface area (Å²) in [7, 11) is 4.65. The third kappa shape index (κ3) is 5.38. The van der Waals surface area contributed by atoms with Crippen LogP contribution in [0.3, 0.4) is 0 Å². The Morgan fingerprint density at radius 2 is 1.94 bits per heavy atom. The molecule has 0 saturated carbocycles. The summed E-state index contributed by atoms with van der Waals surface area (Å²) in [5.41, 5.74) is 2.47. The zero-order valence-corrected chi connectivity index (χ0v) is 18.9. The second-order valence-corrected chi connectivity index (χ2v) is 7.22. The number of amides is 1. The summed E-state index contributed by atoms with van der Waals surface area (Å²) in [5, 5.41) is 7.86. The van der Waals surface area contributed by atoms with Crippen molar-refractivity contribution in [2.24, 2.45) is 0 Å². The third-order valence-electron chi connectivity index (χ3n) is 4.83. The third-order valence-corrected chi connectivity index (χ3v) is 4.83. The van der Waals surface area contributed by atoms with E-state index in [1.165, 1.54) is 12.0 Å². The number of hydrogen-bond donors (Lipinski definition) is 1. The molecule has 9 nitrogen and oxygen atoms in total. The van der Waals surface area contributed by atoms with Crippen molar-refractivity contribution in [1.82, 2.24) is 15.1 Å². The SMILES string of the molecule is CCOC(=O)/C=C/C(=O)c1cc(-c2cccc3[nH]ncc23)cc(OC)c1OCC(=O)N(C)C. The summed E-state index contributed by atoms with van der Waals surface area (Å²) in [5.74, 6) is -1.05. The lowest BCUT2D eigenvalue weighted by Gasteiger charge is -2.17. The number of fused-ring (bicyclic) bond motifs is 1. The number of carbonyl (C=O) groups excluding carboxylic acids is 3. The number of likely N-dealkylation sites (N-methyl/N-ethyl adjacent to an activating group) is 1. The molecule has 1 heterocycles. The van der Waals surface area contributed by atoms with Gasteiger partial charge in [0.05, 0.1) is 31.0 Å². The molecule has 0 atom stereocenters. The second kappa shape index (κ2) is 10.4. The first kappa shape index (κ1) is 23.5. The van der Waals surface area contributed by atoms with E-state index in [0.29, 0.717) is 5.56 Å². The van der Waals surface area contributed by atoms with Gasteiger partial charge in [-0.1, -0.05) is 12.1 Å². The van der Waals surface area contributed by atoms with Crippen molar-refractivity contribution in [2.75, 3.05) is 34.4 Å². The van der Waals surface area contributed by atoms with Gasteiger partial charge in [-0.15, -0.1) is 0 Å². The van der Waals surface area contributed by atoms with Crippen LogP contribution in [0.1, 0.15) is 17.3 Å². The van der Waals surface area contributed by atoms with Crippen LogP contribution in [-0.4, -0.2) is 67.2 Å². The van der Waals surface area contributed by atoms with Crippen molar-refractivity contribution in [3.8, 4) is 22.6 Å². The Bertz CT molecular complexity index is 1210. The molecule has 0 aliphatic rings. The Balaban J connectivity index is 2.11. The molecule has 9 heteroatoms. The molecule has 1 N–H and O–H groups in total. The molecule has 3 aromatic rings. The van der Waals surface area contributed by atoms with E-state index in [1.807, 2.05) is 18.2 Å². The summed E-state index contributed by atoms with van der Waals surface area (Å²) in [6.45, 7) is 1.57. The number of nitrogens with zero attached hydrogens (tertiary/aromatic N) is 2. The van der Waals surface area contributed by atoms with Crippen LogP contribution in [0.15, 0.2) is 48.7 Å². The van der Waals surface area contributed by atoms with Crippen LogP contribution in [0.2, 0.25) is 0 Å². The molecule has 2 aromatic carbocycles. The molecule has 0 aliphatic heterocycles. The number of benzene rings is 2. The molecule has 0 spiro atoms. The molecule has 0 saturated heterocycles. The molecule has 0 unspecified atom stereocenters. The fourth-order valence-corrected chi connectivity index (χ4v) is 3.15. The van der Waals surface area contributed by atoms with Gasteiger partial charge in [0.1, 0.15) is 0 Å². The number of ketones is 1. The van der Waals surface area contributed by atoms with E-state index in [0.717, 1.165) is 28.6 Å². The number of hydrogen-bond acceptors (Lipinski definition) is 7. The topological polar surface area (TPSA) is 111 Å². The van der Waals surface area contributed by atoms with Crippen molar-refractivity contribution in [1.29, 1.82) is 0 Å². The highest BCUT2D eigenvalue weighted by Gasteiger charge is 2.21. The molecule has 0 radical (unpaired) electrons. The number of ether oxygens (including phenoxy) is 3. The zero-order valence-electron chi connectivity index (χ0n) is 18.9. The van der Waals surface area contributed by atoms with Crippen LogP contribution in [-0.2, 0) is 14.3 Å². The molecule has 0 fully saturated rings. The van der Waals surface area contributed by atoms with Gasteiger partial charge in [-0.3, -0.25) is 14.7 Å². The molecular formula is C24H25N3O6. The summed E-state index contributed by atoms with van der Waals surface area (Å²) >= 11 is 0. The average molecular weight is 451 g/mol. The van der Waals surface area contributed by atoms with E-state index in [4.69, 9.17) is 14.2 Å². The number of aromatic nitrogens is 2. The van der Waals surface area contributed by atoms with Gasteiger partial charge >= 0.3 is 5.97 Å². The normalized spacial score (nSPS) is 10.9. The highest BCUT2D eigenvalue weighted by atomic mass is 16.5. The number of aromatic amines is 1. The maximum absolute atomic E-state index is 13.1. The maximum atomic E-state index is 13.1. The predicted molar refractivity (Wildman–Crippen MR) is 122 cm³/mol. The van der Waals surface area contributed by atoms with E-state index in [2.05, 4.69) is 10.2 Å². The Kier molecular flexibility index (Phi) is 7.45. The quantitative estimate of drug-likeness (QED) is 0.302. The van der Waals surface area contributed by atoms with E-state index >= 15 is 0 Å². The summed E-state index contributed by atoms with van der Waals surface area (Å²) in [6, 6.07) is 9.01. The van der Waals surface area contributed by atoms with Crippen LogP contribution in [0.25, 0.3) is 22.0 Å². The molecule has 1 amide bonds. The Hall–Kier alpha value is -4.14. The number of carbonyl (C=O) groups is 3. The molecular weight excluding hydrogens is 426 g/mol. The molecule has 3 rings (SSSR count). The fourth-order valence-electron chi connectivity index (χ4n) is 3.15. The first-order valence-corrected chi connectivity index (χ1v) is 10.2. The minimum atomic E-state index is -0.637. The van der Waals surface area contributed by atoms with Gasteiger partial charge in [-0.05, 0) is 42.3 Å². The van der Waals surface area contributed by atoms with Crippen molar-refractivity contribution in [2.45, 2.75) is 6.92 Å². The first-order chi connectivity index (χ1) is 15.8. The number of methoxy groups -OCH3 is 1. The Morgan fingerprint density at radius 3 is 2.64 bits per heavy atom. The van der Waals surface area contributed by atoms with E-state index in [1.54, 1.807) is 39.3 Å². The van der Waals surface area contributed by atoms with E-state index < -0.39 is 11.8 Å². The smallest absolute Gasteiger partial charge is 0.330 e. The number of nitrogens with one attached hydrogen (secondary N) is 1. The molecule has 33 heavy (non-hydrogen) atoms. The van der Waals surface area contributed by atoms with E-state index in [9.17, 15) is 14.4 Å². The van der Waals surface area contributed by atoms with Crippen LogP contribution in [0.4, 0.5) is 0 Å². The maximum Gasteiger partial charge on any atom is 0.330 e. The number of esters is 1. The lowest BCUT2D eigenvalue weighted by Crippen LogP contribution is -2.28. The van der Waals surface area contributed by atoms with Gasteiger partial charge in [-0.2, -0.15) is 5.10 Å². The molecule has 1 aromatic heterocycles. The van der Waals surface area contributed by atoms with Crippen LogP contribution in [0.5, 0.6) is 11.5 Å². The van der Waals surface area contributed by atoms with E-state index in [-0.39, 0.29) is 36.2 Å². The molecule has 0 aliphatic carbocycles. The minimum absolute atomic E-state index is 0.106. The predicted octanol–water partition coefficient (Wildman–Crippen LogP) is 3.01. The van der Waals surface area contributed by atoms with Crippen molar-refractivity contribution in [3.63, 3.8) is 0 Å². The van der Waals surface area contributed by atoms with Gasteiger partial charge in [0.15, 0.2) is 23.9 Å². The molecule has 0 bridgehead atoms. The highest BCUT2D eigenvalue weighted by molar-refractivity contribution is 6.10. The lowest BCUT2D eigenvalue weighted by molar-refractivity contribution is -0.137. The summed E-state index contributed by atoms with van der Waals surface area (Å²) < 4.78 is 16.1. The van der Waals surface area contributed by atoms with Crippen molar-refractivity contribution < 1.29 is 28.6 Å². The van der Waals surface area contributed by atoms with Gasteiger partial charge in [0, 0.05) is 25.6 Å². The monoisotopic (exact) mass is 451 g/mol. The van der Waals surface area contributed by atoms with Gasteiger partial charge < -0.3 is 19.1 Å². The largest absolute Gasteiger partial charge is 0.493 e. The number of allylic oxidation sites excluding steroid dienone is 1. The van der Waals surface area contributed by atoms with Crippen molar-refractivity contribution >= 4 is 28.6 Å². The first-order valence-electron chi connectivity index (χ1n) is 10.2. The van der Waals surface area contributed by atoms with Crippen LogP contribution < -0.4 is 9.47 Å². The van der Waals surface area contributed by atoms with Crippen molar-refractivity contribution in [3.05, 3.63) is 54.2 Å². The Morgan fingerprint density at radius 1 is 1.15 bits per heavy atom. The number of rotatable bonds is 9. The van der Waals surface area contributed by atoms with Gasteiger partial charge in [-0.25, -0.2) is 4.79 Å². The number of H-pyrrole nitrogens is 1. The second-order valence-electron chi connectivity index (χ2n) is 7.22. The summed E-state index contributed by atoms with van der Waals surface area (Å²) in [4.78, 5) is 38.2. The van der Waals surface area contributed by atoms with Gasteiger partial charge in [0.2, 0.25) is 0 Å². The van der Waals surface area contributed by atoms with Crippen LogP contribution >= 0.6 is 0 Å². The van der Waals surface area contributed by atoms with Gasteiger partial charge in [0.25, 0.3) is 5.91 Å². The standard InChI is InChI=1S/C24H25N3O6/c1-5-32-23(30)10-9-20(28)17-11-15(16-7-6-8-19-18(16)13-25-26-19)12-21(31-4)24(17)33-14-22(29)27(2)3/h6-13H,5,14H2,1-4H3,(H,25,26)/b10-9+. The highest BCUT2D eigenvalue weighted by Crippen LogP contribution is 2.39. The average Bonchev–Trinajstić information content (AvgIpc) is 3.29. The Labute approximate surface area is 190 Å².